The summed E-state index contributed by atoms with van der Waals surface area (Å²) in [5.74, 6) is -0.994. The van der Waals surface area contributed by atoms with Crippen molar-refractivity contribution >= 4 is 26.8 Å². The highest BCUT2D eigenvalue weighted by Crippen LogP contribution is 2.32. The number of carbonyl (C=O) groups is 1. The van der Waals surface area contributed by atoms with Gasteiger partial charge in [0.25, 0.3) is 0 Å². The van der Waals surface area contributed by atoms with Crippen LogP contribution in [0.2, 0.25) is 0 Å². The Morgan fingerprint density at radius 1 is 0.931 bits per heavy atom. The van der Waals surface area contributed by atoms with Crippen LogP contribution < -0.4 is 4.72 Å². The highest BCUT2D eigenvalue weighted by atomic mass is 32.2. The first kappa shape index (κ1) is 20.8. The van der Waals surface area contributed by atoms with Gasteiger partial charge in [-0.15, -0.1) is 0 Å². The van der Waals surface area contributed by atoms with Crippen molar-refractivity contribution < 1.29 is 31.1 Å². The van der Waals surface area contributed by atoms with E-state index >= 15 is 0 Å². The number of alkyl halides is 3. The largest absolute Gasteiger partial charge is 0.460 e. The van der Waals surface area contributed by atoms with E-state index in [9.17, 15) is 26.4 Å². The van der Waals surface area contributed by atoms with Gasteiger partial charge in [0.05, 0.1) is 10.5 Å². The molecule has 5 nitrogen and oxygen atoms in total. The quantitative estimate of drug-likeness (QED) is 0.611. The molecule has 0 fully saturated rings. The fourth-order valence-corrected chi connectivity index (χ4v) is 3.71. The fourth-order valence-electron chi connectivity index (χ4n) is 2.70. The summed E-state index contributed by atoms with van der Waals surface area (Å²) in [7, 11) is -3.99. The van der Waals surface area contributed by atoms with E-state index in [0.29, 0.717) is 5.39 Å². The molecule has 0 atom stereocenters. The molecule has 3 aromatic rings. The molecule has 29 heavy (non-hydrogen) atoms. The van der Waals surface area contributed by atoms with Crippen molar-refractivity contribution in [2.75, 3.05) is 6.54 Å². The second kappa shape index (κ2) is 8.22. The van der Waals surface area contributed by atoms with E-state index in [1.807, 2.05) is 12.1 Å². The Labute approximate surface area is 165 Å². The van der Waals surface area contributed by atoms with E-state index < -0.39 is 40.9 Å². The molecular weight excluding hydrogens is 407 g/mol. The third-order valence-electron chi connectivity index (χ3n) is 4.15. The lowest BCUT2D eigenvalue weighted by Gasteiger charge is -2.13. The predicted octanol–water partition coefficient (Wildman–Crippen LogP) is 3.88. The average Bonchev–Trinajstić information content (AvgIpc) is 2.70. The maximum absolute atomic E-state index is 12.9. The molecule has 0 bridgehead atoms. The number of esters is 1. The van der Waals surface area contributed by atoms with Gasteiger partial charge in [-0.3, -0.25) is 4.79 Å². The van der Waals surface area contributed by atoms with Gasteiger partial charge >= 0.3 is 12.1 Å². The first-order valence-electron chi connectivity index (χ1n) is 8.46. The van der Waals surface area contributed by atoms with Crippen LogP contribution in [0, 0.1) is 0 Å². The number of rotatable bonds is 6. The van der Waals surface area contributed by atoms with Crippen LogP contribution in [-0.4, -0.2) is 20.9 Å². The van der Waals surface area contributed by atoms with E-state index in [2.05, 4.69) is 4.72 Å². The summed E-state index contributed by atoms with van der Waals surface area (Å²) >= 11 is 0. The Hall–Kier alpha value is -2.91. The number of ether oxygens (including phenoxy) is 1. The van der Waals surface area contributed by atoms with Crippen LogP contribution in [0.4, 0.5) is 13.2 Å². The number of hydrogen-bond donors (Lipinski definition) is 1. The zero-order valence-electron chi connectivity index (χ0n) is 14.9. The van der Waals surface area contributed by atoms with Gasteiger partial charge in [-0.2, -0.15) is 17.9 Å². The van der Waals surface area contributed by atoms with Gasteiger partial charge in [-0.25, -0.2) is 8.42 Å². The monoisotopic (exact) mass is 423 g/mol. The average molecular weight is 423 g/mol. The van der Waals surface area contributed by atoms with Gasteiger partial charge < -0.3 is 4.74 Å². The van der Waals surface area contributed by atoms with E-state index in [-0.39, 0.29) is 10.5 Å². The zero-order valence-corrected chi connectivity index (χ0v) is 15.8. The maximum Gasteiger partial charge on any atom is 0.416 e. The van der Waals surface area contributed by atoms with E-state index in [4.69, 9.17) is 4.74 Å². The summed E-state index contributed by atoms with van der Waals surface area (Å²) in [4.78, 5) is 11.8. The molecule has 0 aliphatic heterocycles. The molecule has 1 N–H and O–H groups in total. The van der Waals surface area contributed by atoms with E-state index in [0.717, 1.165) is 11.5 Å². The number of fused-ring (bicyclic) bond motifs is 1. The topological polar surface area (TPSA) is 72.5 Å². The molecule has 0 unspecified atom stereocenters. The molecule has 152 valence electrons. The Morgan fingerprint density at radius 3 is 2.31 bits per heavy atom. The lowest BCUT2D eigenvalue weighted by Crippen LogP contribution is -2.30. The highest BCUT2D eigenvalue weighted by molar-refractivity contribution is 7.89. The van der Waals surface area contributed by atoms with Crippen molar-refractivity contribution in [3.05, 3.63) is 77.9 Å². The molecule has 9 heteroatoms. The Bertz CT molecular complexity index is 1140. The second-order valence-corrected chi connectivity index (χ2v) is 7.92. The van der Waals surface area contributed by atoms with Crippen molar-refractivity contribution in [1.29, 1.82) is 0 Å². The number of halogens is 3. The summed E-state index contributed by atoms with van der Waals surface area (Å²) < 4.78 is 70.5. The molecule has 0 heterocycles. The van der Waals surface area contributed by atoms with E-state index in [1.54, 1.807) is 18.2 Å². The number of sulfonamides is 1. The summed E-state index contributed by atoms with van der Waals surface area (Å²) in [6, 6.07) is 16.3. The summed E-state index contributed by atoms with van der Waals surface area (Å²) in [6.45, 7) is -1.32. The zero-order chi connectivity index (χ0) is 21.1. The minimum atomic E-state index is -4.58. The van der Waals surface area contributed by atoms with Gasteiger partial charge in [-0.05, 0) is 29.0 Å². The smallest absolute Gasteiger partial charge is 0.416 e. The number of hydrogen-bond acceptors (Lipinski definition) is 4. The summed E-state index contributed by atoms with van der Waals surface area (Å²) in [5.41, 5.74) is -1.13. The molecule has 3 rings (SSSR count). The molecule has 0 spiro atoms. The van der Waals surface area contributed by atoms with Crippen molar-refractivity contribution in [1.82, 2.24) is 4.72 Å². The van der Waals surface area contributed by atoms with Crippen molar-refractivity contribution in [3.63, 3.8) is 0 Å². The number of carbonyl (C=O) groups excluding carboxylic acids is 1. The van der Waals surface area contributed by atoms with Crippen molar-refractivity contribution in [3.8, 4) is 0 Å². The maximum atomic E-state index is 12.9. The fraction of sp³-hybridized carbons (Fsp3) is 0.150. The minimum absolute atomic E-state index is 0.0357. The van der Waals surface area contributed by atoms with E-state index in [1.165, 1.54) is 30.3 Å². The standard InChI is InChI=1S/C20H16F3NO4S/c21-20(22,23)18-8-4-3-7-16(18)13-28-19(25)12-24-29(26,27)17-10-9-14-5-1-2-6-15(14)11-17/h1-11,24H,12-13H2. The lowest BCUT2D eigenvalue weighted by atomic mass is 10.1. The second-order valence-electron chi connectivity index (χ2n) is 6.15. The number of nitrogens with one attached hydrogen (secondary N) is 1. The van der Waals surface area contributed by atoms with Gasteiger partial charge in [0.2, 0.25) is 10.0 Å². The summed E-state index contributed by atoms with van der Waals surface area (Å²) in [6.07, 6.45) is -4.58. The van der Waals surface area contributed by atoms with Crippen LogP contribution in [0.3, 0.4) is 0 Å². The van der Waals surface area contributed by atoms with Crippen LogP contribution in [0.25, 0.3) is 10.8 Å². The lowest BCUT2D eigenvalue weighted by molar-refractivity contribution is -0.146. The Morgan fingerprint density at radius 2 is 1.59 bits per heavy atom. The first-order chi connectivity index (χ1) is 13.7. The molecule has 0 saturated heterocycles. The van der Waals surface area contributed by atoms with Crippen LogP contribution in [0.1, 0.15) is 11.1 Å². The predicted molar refractivity (Wildman–Crippen MR) is 100 cm³/mol. The molecule has 0 aromatic heterocycles. The molecule has 0 amide bonds. The summed E-state index contributed by atoms with van der Waals surface area (Å²) in [5, 5.41) is 1.57. The van der Waals surface area contributed by atoms with Crippen LogP contribution >= 0.6 is 0 Å². The Balaban J connectivity index is 1.63. The number of benzene rings is 3. The van der Waals surface area contributed by atoms with Crippen LogP contribution in [-0.2, 0) is 32.3 Å². The molecule has 0 radical (unpaired) electrons. The minimum Gasteiger partial charge on any atom is -0.460 e. The molecule has 0 saturated carbocycles. The normalized spacial score (nSPS) is 12.1. The van der Waals surface area contributed by atoms with Gasteiger partial charge in [0.15, 0.2) is 0 Å². The van der Waals surface area contributed by atoms with Gasteiger partial charge in [-0.1, -0.05) is 48.5 Å². The molecular formula is C20H16F3NO4S. The van der Waals surface area contributed by atoms with Crippen LogP contribution in [0.5, 0.6) is 0 Å². The van der Waals surface area contributed by atoms with Crippen LogP contribution in [0.15, 0.2) is 71.6 Å². The molecule has 0 aliphatic rings. The first-order valence-corrected chi connectivity index (χ1v) is 9.94. The third kappa shape index (κ3) is 5.12. The SMILES string of the molecule is O=C(CNS(=O)(=O)c1ccc2ccccc2c1)OCc1ccccc1C(F)(F)F. The third-order valence-corrected chi connectivity index (χ3v) is 5.55. The highest BCUT2D eigenvalue weighted by Gasteiger charge is 2.33. The van der Waals surface area contributed by atoms with Crippen molar-refractivity contribution in [2.24, 2.45) is 0 Å². The van der Waals surface area contributed by atoms with Crippen molar-refractivity contribution in [2.45, 2.75) is 17.7 Å². The van der Waals surface area contributed by atoms with Gasteiger partial charge in [0.1, 0.15) is 13.2 Å². The van der Waals surface area contributed by atoms with Gasteiger partial charge in [0, 0.05) is 5.56 Å². The molecule has 3 aromatic carbocycles. The molecule has 0 aliphatic carbocycles. The Kier molecular flexibility index (Phi) is 5.90.